The lowest BCUT2D eigenvalue weighted by molar-refractivity contribution is -0.142. The van der Waals surface area contributed by atoms with Gasteiger partial charge in [0.15, 0.2) is 0 Å². The number of amides is 1. The van der Waals surface area contributed by atoms with Crippen molar-refractivity contribution < 1.29 is 18.7 Å². The molecule has 0 aliphatic carbocycles. The summed E-state index contributed by atoms with van der Waals surface area (Å²) in [7, 11) is 1.28. The summed E-state index contributed by atoms with van der Waals surface area (Å²) in [6, 6.07) is 22.4. The number of fused-ring (bicyclic) bond motifs is 2. The van der Waals surface area contributed by atoms with E-state index >= 15 is 0 Å². The number of benzene rings is 4. The first-order valence-corrected chi connectivity index (χ1v) is 9.60. The molecular formula is C25H20FNO3. The molecule has 4 aromatic rings. The van der Waals surface area contributed by atoms with Gasteiger partial charge in [0, 0.05) is 12.0 Å². The van der Waals surface area contributed by atoms with Crippen LogP contribution in [0.2, 0.25) is 0 Å². The van der Waals surface area contributed by atoms with Gasteiger partial charge in [0.05, 0.1) is 7.11 Å². The number of halogens is 1. The van der Waals surface area contributed by atoms with Crippen LogP contribution in [0.15, 0.2) is 78.9 Å². The molecule has 0 spiro atoms. The maximum Gasteiger partial charge on any atom is 0.328 e. The molecule has 30 heavy (non-hydrogen) atoms. The largest absolute Gasteiger partial charge is 0.467 e. The van der Waals surface area contributed by atoms with Crippen molar-refractivity contribution in [2.75, 3.05) is 7.11 Å². The van der Waals surface area contributed by atoms with Crippen molar-refractivity contribution in [2.45, 2.75) is 12.5 Å². The Kier molecular flexibility index (Phi) is 5.44. The molecule has 0 heterocycles. The molecule has 0 aromatic heterocycles. The van der Waals surface area contributed by atoms with Gasteiger partial charge < -0.3 is 10.1 Å². The molecule has 150 valence electrons. The number of carbonyl (C=O) groups excluding carboxylic acids is 2. The molecule has 4 aromatic carbocycles. The smallest absolute Gasteiger partial charge is 0.328 e. The minimum absolute atomic E-state index is 0.145. The predicted molar refractivity (Wildman–Crippen MR) is 115 cm³/mol. The molecule has 0 fully saturated rings. The van der Waals surface area contributed by atoms with E-state index in [1.165, 1.54) is 25.3 Å². The predicted octanol–water partition coefficient (Wildman–Crippen LogP) is 4.65. The van der Waals surface area contributed by atoms with Gasteiger partial charge >= 0.3 is 5.97 Å². The van der Waals surface area contributed by atoms with E-state index in [1.807, 2.05) is 48.5 Å². The monoisotopic (exact) mass is 401 g/mol. The Morgan fingerprint density at radius 1 is 0.900 bits per heavy atom. The fourth-order valence-electron chi connectivity index (χ4n) is 3.74. The molecule has 0 unspecified atom stereocenters. The number of ether oxygens (including phenoxy) is 1. The highest BCUT2D eigenvalue weighted by Crippen LogP contribution is 2.29. The molecule has 0 saturated carbocycles. The van der Waals surface area contributed by atoms with Crippen LogP contribution < -0.4 is 5.32 Å². The second kappa shape index (κ2) is 8.33. The fraction of sp³-hybridized carbons (Fsp3) is 0.120. The van der Waals surface area contributed by atoms with Gasteiger partial charge in [-0.1, -0.05) is 54.6 Å². The highest BCUT2D eigenvalue weighted by molar-refractivity contribution is 6.03. The second-order valence-corrected chi connectivity index (χ2v) is 7.06. The number of esters is 1. The molecule has 0 bridgehead atoms. The summed E-state index contributed by atoms with van der Waals surface area (Å²) in [4.78, 5) is 25.2. The van der Waals surface area contributed by atoms with Crippen LogP contribution in [0.4, 0.5) is 4.39 Å². The Bertz CT molecular complexity index is 1200. The van der Waals surface area contributed by atoms with E-state index in [4.69, 9.17) is 4.74 Å². The van der Waals surface area contributed by atoms with Crippen LogP contribution in [0, 0.1) is 5.82 Å². The Balaban J connectivity index is 1.75. The van der Waals surface area contributed by atoms with Gasteiger partial charge in [0.2, 0.25) is 0 Å². The third-order valence-electron chi connectivity index (χ3n) is 5.17. The van der Waals surface area contributed by atoms with Crippen molar-refractivity contribution >= 4 is 33.4 Å². The summed E-state index contributed by atoms with van der Waals surface area (Å²) >= 11 is 0. The van der Waals surface area contributed by atoms with Crippen LogP contribution in [0.1, 0.15) is 15.9 Å². The van der Waals surface area contributed by atoms with Crippen molar-refractivity contribution in [3.05, 3.63) is 95.8 Å². The molecule has 5 heteroatoms. The molecule has 1 atom stereocenters. The molecule has 4 nitrogen and oxygen atoms in total. The van der Waals surface area contributed by atoms with E-state index in [2.05, 4.69) is 11.4 Å². The summed E-state index contributed by atoms with van der Waals surface area (Å²) < 4.78 is 18.5. The third kappa shape index (κ3) is 3.87. The number of hydrogen-bond acceptors (Lipinski definition) is 3. The van der Waals surface area contributed by atoms with Crippen LogP contribution in [0.25, 0.3) is 21.5 Å². The van der Waals surface area contributed by atoms with E-state index in [0.29, 0.717) is 0 Å². The second-order valence-electron chi connectivity index (χ2n) is 7.06. The molecule has 0 radical (unpaired) electrons. The van der Waals surface area contributed by atoms with Gasteiger partial charge in [-0.05, 0) is 51.4 Å². The molecule has 0 aliphatic heterocycles. The van der Waals surface area contributed by atoms with Crippen molar-refractivity contribution in [2.24, 2.45) is 0 Å². The SMILES string of the molecule is COC(=O)[C@H](Cc1c2ccccc2cc2ccccc12)NC(=O)c1cccc(F)c1. The van der Waals surface area contributed by atoms with Gasteiger partial charge in [-0.15, -0.1) is 0 Å². The molecule has 4 rings (SSSR count). The van der Waals surface area contributed by atoms with Crippen molar-refractivity contribution in [1.82, 2.24) is 5.32 Å². The van der Waals surface area contributed by atoms with Crippen molar-refractivity contribution in [3.8, 4) is 0 Å². The van der Waals surface area contributed by atoms with Gasteiger partial charge in [0.1, 0.15) is 11.9 Å². The number of methoxy groups -OCH3 is 1. The highest BCUT2D eigenvalue weighted by Gasteiger charge is 2.24. The Morgan fingerprint density at radius 2 is 1.53 bits per heavy atom. The Hall–Kier alpha value is -3.73. The zero-order chi connectivity index (χ0) is 21.1. The minimum atomic E-state index is -0.917. The summed E-state index contributed by atoms with van der Waals surface area (Å²) in [5.41, 5.74) is 1.09. The topological polar surface area (TPSA) is 55.4 Å². The van der Waals surface area contributed by atoms with Crippen LogP contribution >= 0.6 is 0 Å². The Morgan fingerprint density at radius 3 is 2.13 bits per heavy atom. The highest BCUT2D eigenvalue weighted by atomic mass is 19.1. The fourth-order valence-corrected chi connectivity index (χ4v) is 3.74. The summed E-state index contributed by atoms with van der Waals surface area (Å²) in [5, 5.41) is 6.81. The summed E-state index contributed by atoms with van der Waals surface area (Å²) in [6.07, 6.45) is 0.246. The van der Waals surface area contributed by atoms with E-state index < -0.39 is 23.7 Å². The lowest BCUT2D eigenvalue weighted by Gasteiger charge is -2.19. The van der Waals surface area contributed by atoms with E-state index in [1.54, 1.807) is 0 Å². The zero-order valence-electron chi connectivity index (χ0n) is 16.4. The van der Waals surface area contributed by atoms with Crippen LogP contribution in [0.3, 0.4) is 0 Å². The first-order valence-electron chi connectivity index (χ1n) is 9.60. The molecule has 0 aliphatic rings. The maximum atomic E-state index is 13.5. The van der Waals surface area contributed by atoms with Gasteiger partial charge in [0.25, 0.3) is 5.91 Å². The molecular weight excluding hydrogens is 381 g/mol. The van der Waals surface area contributed by atoms with Gasteiger partial charge in [-0.25, -0.2) is 9.18 Å². The standard InChI is InChI=1S/C25H20FNO3/c1-30-25(29)23(27-24(28)18-9-6-10-19(26)14-18)15-22-20-11-4-2-7-16(20)13-17-8-3-5-12-21(17)22/h2-14,23H,15H2,1H3,(H,27,28)/t23-/m0/s1. The molecule has 1 amide bonds. The normalized spacial score (nSPS) is 11.9. The van der Waals surface area contributed by atoms with Crippen LogP contribution in [-0.4, -0.2) is 25.0 Å². The molecule has 0 saturated heterocycles. The number of nitrogens with one attached hydrogen (secondary N) is 1. The molecule has 1 N–H and O–H groups in total. The summed E-state index contributed by atoms with van der Waals surface area (Å²) in [5.74, 6) is -1.61. The van der Waals surface area contributed by atoms with Gasteiger partial charge in [-0.2, -0.15) is 0 Å². The van der Waals surface area contributed by atoms with E-state index in [9.17, 15) is 14.0 Å². The average molecular weight is 401 g/mol. The number of hydrogen-bond donors (Lipinski definition) is 1. The van der Waals surface area contributed by atoms with E-state index in [-0.39, 0.29) is 12.0 Å². The van der Waals surface area contributed by atoms with Crippen LogP contribution in [-0.2, 0) is 16.0 Å². The lowest BCUT2D eigenvalue weighted by Crippen LogP contribution is -2.43. The Labute approximate surface area is 173 Å². The quantitative estimate of drug-likeness (QED) is 0.391. The first-order chi connectivity index (χ1) is 14.6. The minimum Gasteiger partial charge on any atom is -0.467 e. The van der Waals surface area contributed by atoms with Gasteiger partial charge in [-0.3, -0.25) is 4.79 Å². The third-order valence-corrected chi connectivity index (χ3v) is 5.17. The summed E-state index contributed by atoms with van der Waals surface area (Å²) in [6.45, 7) is 0. The van der Waals surface area contributed by atoms with Crippen LogP contribution in [0.5, 0.6) is 0 Å². The lowest BCUT2D eigenvalue weighted by atomic mass is 9.92. The van der Waals surface area contributed by atoms with Crippen molar-refractivity contribution in [3.63, 3.8) is 0 Å². The average Bonchev–Trinajstić information content (AvgIpc) is 2.77. The zero-order valence-corrected chi connectivity index (χ0v) is 16.4. The maximum absolute atomic E-state index is 13.5. The van der Waals surface area contributed by atoms with Crippen molar-refractivity contribution in [1.29, 1.82) is 0 Å². The number of rotatable bonds is 5. The first kappa shape index (κ1) is 19.6. The number of carbonyl (C=O) groups is 2. The van der Waals surface area contributed by atoms with E-state index in [0.717, 1.165) is 33.2 Å².